The fraction of sp³-hybridized carbons (Fsp3) is 0.526. The van der Waals surface area contributed by atoms with Crippen molar-refractivity contribution in [1.82, 2.24) is 15.2 Å². The number of thioether (sulfide) groups is 1. The zero-order chi connectivity index (χ0) is 23.9. The molecule has 3 aliphatic heterocycles. The summed E-state index contributed by atoms with van der Waals surface area (Å²) in [7, 11) is 0. The molecular formula is C19H23N5O6S3. The van der Waals surface area contributed by atoms with Crippen molar-refractivity contribution in [1.29, 1.82) is 0 Å². The summed E-state index contributed by atoms with van der Waals surface area (Å²) in [5.41, 5.74) is 6.33. The molecule has 4 heterocycles. The van der Waals surface area contributed by atoms with Crippen LogP contribution in [0.4, 0.5) is 5.13 Å². The molecule has 0 saturated carbocycles. The first-order valence-corrected chi connectivity index (χ1v) is 12.4. The van der Waals surface area contributed by atoms with Gasteiger partial charge >= 0.3 is 0 Å². The Bertz CT molecular complexity index is 1050. The number of carbonyl (C=O) groups is 3. The highest BCUT2D eigenvalue weighted by Gasteiger charge is 2.54. The number of β-lactam (4-membered cyclic amide) rings is 1. The van der Waals surface area contributed by atoms with Gasteiger partial charge < -0.3 is 25.7 Å². The van der Waals surface area contributed by atoms with Crippen LogP contribution in [-0.2, 0) is 23.9 Å². The van der Waals surface area contributed by atoms with E-state index in [4.69, 9.17) is 15.2 Å². The first-order valence-electron chi connectivity index (χ1n) is 10.1. The topological polar surface area (TPSA) is 156 Å². The molecule has 2 amide bonds. The minimum atomic E-state index is -0.891. The molecule has 178 valence electrons. The van der Waals surface area contributed by atoms with E-state index in [9.17, 15) is 19.6 Å². The van der Waals surface area contributed by atoms with E-state index in [0.29, 0.717) is 25.2 Å². The molecule has 33 heavy (non-hydrogen) atoms. The van der Waals surface area contributed by atoms with E-state index >= 15 is 0 Å². The fourth-order valence-electron chi connectivity index (χ4n) is 4.01. The van der Waals surface area contributed by atoms with Crippen molar-refractivity contribution in [2.45, 2.75) is 50.0 Å². The number of thiol groups is 1. The molecule has 2 unspecified atom stereocenters. The second-order valence-electron chi connectivity index (χ2n) is 8.12. The molecule has 0 aliphatic carbocycles. The molecule has 4 N–H and O–H groups in total. The highest BCUT2D eigenvalue weighted by Crippen LogP contribution is 2.43. The molecule has 3 aliphatic rings. The normalized spacial score (nSPS) is 27.1. The number of nitrogen functional groups attached to an aromatic ring is 1. The maximum atomic E-state index is 12.9. The SMILES string of the molecule is CC1(C)OCCC(CC2=C(C(=O)S)N3C(=O)C(NC(=O)/C(=N\O)c4csc(N)n4)[C@H]3SC2)O1. The van der Waals surface area contributed by atoms with Crippen LogP contribution >= 0.6 is 35.7 Å². The number of ether oxygens (including phenoxy) is 2. The second kappa shape index (κ2) is 9.25. The number of fused-ring (bicyclic) bond motifs is 1. The van der Waals surface area contributed by atoms with Crippen molar-refractivity contribution in [3.8, 4) is 0 Å². The van der Waals surface area contributed by atoms with Gasteiger partial charge in [-0.1, -0.05) is 17.8 Å². The lowest BCUT2D eigenvalue weighted by Gasteiger charge is -2.50. The molecule has 0 aromatic carbocycles. The lowest BCUT2D eigenvalue weighted by Crippen LogP contribution is -2.71. The monoisotopic (exact) mass is 513 g/mol. The third-order valence-corrected chi connectivity index (χ3v) is 7.66. The van der Waals surface area contributed by atoms with Gasteiger partial charge in [-0.3, -0.25) is 19.3 Å². The van der Waals surface area contributed by atoms with Gasteiger partial charge in [0.2, 0.25) is 5.12 Å². The Labute approximate surface area is 203 Å². The molecule has 2 fully saturated rings. The Balaban J connectivity index is 1.48. The summed E-state index contributed by atoms with van der Waals surface area (Å²) in [6.45, 7) is 4.21. The van der Waals surface area contributed by atoms with Gasteiger partial charge in [0, 0.05) is 11.1 Å². The van der Waals surface area contributed by atoms with Crippen LogP contribution in [-0.4, -0.2) is 73.4 Å². The zero-order valence-electron chi connectivity index (χ0n) is 17.8. The molecule has 14 heteroatoms. The number of carbonyl (C=O) groups excluding carboxylic acids is 3. The maximum absolute atomic E-state index is 12.9. The summed E-state index contributed by atoms with van der Waals surface area (Å²) in [5.74, 6) is -1.45. The number of oxime groups is 1. The Morgan fingerprint density at radius 2 is 2.24 bits per heavy atom. The van der Waals surface area contributed by atoms with Crippen LogP contribution in [0.2, 0.25) is 0 Å². The average Bonchev–Trinajstić information content (AvgIpc) is 3.17. The van der Waals surface area contributed by atoms with Gasteiger partial charge in [-0.05, 0) is 32.3 Å². The van der Waals surface area contributed by atoms with Gasteiger partial charge in [-0.25, -0.2) is 4.98 Å². The number of nitrogens with two attached hydrogens (primary N) is 1. The predicted octanol–water partition coefficient (Wildman–Crippen LogP) is 0.946. The van der Waals surface area contributed by atoms with Crippen LogP contribution in [0, 0.1) is 0 Å². The standard InChI is InChI=1S/C19H23N5O6S3/c1-19(2)29-4-3-9(30-19)5-8-6-32-16-12(15(26)24(16)13(8)17(27)31)22-14(25)11(23-28)10-7-33-18(20)21-10/h7,9,12,16,28H,3-6H2,1-2H3,(H2,20,21)(H,22,25)(H,27,31)/b23-11-/t9?,12?,16-/m1/s1. The number of rotatable bonds is 6. The fourth-order valence-corrected chi connectivity index (χ4v) is 6.18. The van der Waals surface area contributed by atoms with Crippen molar-refractivity contribution in [2.75, 3.05) is 18.1 Å². The third kappa shape index (κ3) is 4.75. The summed E-state index contributed by atoms with van der Waals surface area (Å²) in [4.78, 5) is 43.2. The van der Waals surface area contributed by atoms with Gasteiger partial charge in [0.05, 0.1) is 18.4 Å². The van der Waals surface area contributed by atoms with Crippen molar-refractivity contribution in [3.05, 3.63) is 22.3 Å². The van der Waals surface area contributed by atoms with E-state index in [2.05, 4.69) is 28.1 Å². The molecule has 2 saturated heterocycles. The van der Waals surface area contributed by atoms with Crippen LogP contribution < -0.4 is 11.1 Å². The average molecular weight is 514 g/mol. The van der Waals surface area contributed by atoms with Gasteiger partial charge in [0.25, 0.3) is 11.8 Å². The van der Waals surface area contributed by atoms with Gasteiger partial charge in [-0.2, -0.15) is 0 Å². The smallest absolute Gasteiger partial charge is 0.276 e. The summed E-state index contributed by atoms with van der Waals surface area (Å²) in [5, 5.41) is 15.5. The molecule has 0 bridgehead atoms. The predicted molar refractivity (Wildman–Crippen MR) is 125 cm³/mol. The van der Waals surface area contributed by atoms with E-state index in [1.807, 2.05) is 13.8 Å². The number of hydrogen-bond donors (Lipinski definition) is 4. The maximum Gasteiger partial charge on any atom is 0.276 e. The van der Waals surface area contributed by atoms with E-state index in [0.717, 1.165) is 16.9 Å². The quantitative estimate of drug-likeness (QED) is 0.143. The first-order chi connectivity index (χ1) is 15.6. The minimum absolute atomic E-state index is 0.102. The Morgan fingerprint density at radius 3 is 2.85 bits per heavy atom. The van der Waals surface area contributed by atoms with Crippen LogP contribution in [0.1, 0.15) is 32.4 Å². The number of nitrogens with zero attached hydrogens (tertiary/aromatic N) is 3. The largest absolute Gasteiger partial charge is 0.410 e. The lowest BCUT2D eigenvalue weighted by atomic mass is 9.99. The number of nitrogens with one attached hydrogen (secondary N) is 1. The molecule has 1 aromatic heterocycles. The molecular weight excluding hydrogens is 490 g/mol. The number of hydrogen-bond acceptors (Lipinski definition) is 11. The molecule has 3 atom stereocenters. The Morgan fingerprint density at radius 1 is 1.48 bits per heavy atom. The summed E-state index contributed by atoms with van der Waals surface area (Å²) in [6, 6.07) is -0.891. The van der Waals surface area contributed by atoms with Gasteiger partial charge in [-0.15, -0.1) is 23.1 Å². The molecule has 11 nitrogen and oxygen atoms in total. The number of anilines is 1. The summed E-state index contributed by atoms with van der Waals surface area (Å²) >= 11 is 6.51. The lowest BCUT2D eigenvalue weighted by molar-refractivity contribution is -0.272. The van der Waals surface area contributed by atoms with Crippen LogP contribution in [0.15, 0.2) is 21.8 Å². The molecule has 4 rings (SSSR count). The van der Waals surface area contributed by atoms with Crippen LogP contribution in [0.25, 0.3) is 0 Å². The van der Waals surface area contributed by atoms with Crippen LogP contribution in [0.3, 0.4) is 0 Å². The summed E-state index contributed by atoms with van der Waals surface area (Å²) in [6.07, 6.45) is 0.998. The number of aromatic nitrogens is 1. The van der Waals surface area contributed by atoms with Gasteiger partial charge in [0.15, 0.2) is 16.6 Å². The third-order valence-electron chi connectivity index (χ3n) is 5.43. The Kier molecular flexibility index (Phi) is 6.73. The highest BCUT2D eigenvalue weighted by molar-refractivity contribution is 8.00. The second-order valence-corrected chi connectivity index (χ2v) is 10.5. The number of thiazole rings is 1. The minimum Gasteiger partial charge on any atom is -0.410 e. The van der Waals surface area contributed by atoms with E-state index < -0.39 is 34.1 Å². The first kappa shape index (κ1) is 24.0. The molecule has 1 aromatic rings. The van der Waals surface area contributed by atoms with E-state index in [1.54, 1.807) is 0 Å². The van der Waals surface area contributed by atoms with Crippen LogP contribution in [0.5, 0.6) is 0 Å². The molecule has 0 spiro atoms. The van der Waals surface area contributed by atoms with Crippen molar-refractivity contribution in [3.63, 3.8) is 0 Å². The Hall–Kier alpha value is -2.13. The zero-order valence-corrected chi connectivity index (χ0v) is 20.3. The highest BCUT2D eigenvalue weighted by atomic mass is 32.2. The summed E-state index contributed by atoms with van der Waals surface area (Å²) < 4.78 is 11.5. The number of amides is 2. The van der Waals surface area contributed by atoms with Crippen molar-refractivity contribution in [2.24, 2.45) is 5.16 Å². The van der Waals surface area contributed by atoms with E-state index in [1.165, 1.54) is 22.0 Å². The van der Waals surface area contributed by atoms with E-state index in [-0.39, 0.29) is 28.3 Å². The van der Waals surface area contributed by atoms with Crippen molar-refractivity contribution >= 4 is 63.5 Å². The van der Waals surface area contributed by atoms with Crippen molar-refractivity contribution < 1.29 is 29.1 Å². The van der Waals surface area contributed by atoms with Gasteiger partial charge in [0.1, 0.15) is 17.1 Å². The molecule has 0 radical (unpaired) electrons.